The van der Waals surface area contributed by atoms with Crippen LogP contribution in [0.2, 0.25) is 5.02 Å². The highest BCUT2D eigenvalue weighted by molar-refractivity contribution is 7.98. The van der Waals surface area contributed by atoms with Gasteiger partial charge in [-0.25, -0.2) is 9.97 Å². The summed E-state index contributed by atoms with van der Waals surface area (Å²) >= 11 is 9.20. The van der Waals surface area contributed by atoms with E-state index in [-0.39, 0.29) is 0 Å². The van der Waals surface area contributed by atoms with Crippen LogP contribution in [0.5, 0.6) is 0 Å². The lowest BCUT2D eigenvalue weighted by Crippen LogP contribution is -1.96. The van der Waals surface area contributed by atoms with E-state index in [9.17, 15) is 0 Å². The molecule has 0 fully saturated rings. The fourth-order valence-corrected chi connectivity index (χ4v) is 4.52. The number of hydrogen-bond donors (Lipinski definition) is 1. The van der Waals surface area contributed by atoms with Crippen molar-refractivity contribution in [3.05, 3.63) is 45.6 Å². The quantitative estimate of drug-likeness (QED) is 0.383. The Labute approximate surface area is 162 Å². The molecule has 0 spiro atoms. The molecule has 0 aliphatic heterocycles. The first-order valence-electron chi connectivity index (χ1n) is 7.76. The van der Waals surface area contributed by atoms with E-state index in [1.54, 1.807) is 17.4 Å². The van der Waals surface area contributed by atoms with Gasteiger partial charge >= 0.3 is 0 Å². The molecule has 0 aliphatic rings. The normalized spacial score (nSPS) is 11.3. The predicted molar refractivity (Wildman–Crippen MR) is 106 cm³/mol. The average Bonchev–Trinajstić information content (AvgIpc) is 3.19. The van der Waals surface area contributed by atoms with Crippen molar-refractivity contribution in [1.82, 2.24) is 20.1 Å². The van der Waals surface area contributed by atoms with Crippen molar-refractivity contribution >= 4 is 50.7 Å². The van der Waals surface area contributed by atoms with Crippen LogP contribution in [0.25, 0.3) is 21.6 Å². The predicted octanol–water partition coefficient (Wildman–Crippen LogP) is 4.89. The summed E-state index contributed by atoms with van der Waals surface area (Å²) in [4.78, 5) is 15.5. The molecule has 2 N–H and O–H groups in total. The molecule has 4 rings (SSSR count). The molecule has 0 bridgehead atoms. The van der Waals surface area contributed by atoms with Crippen LogP contribution in [-0.4, -0.2) is 20.1 Å². The molecule has 3 heterocycles. The van der Waals surface area contributed by atoms with Gasteiger partial charge < -0.3 is 10.3 Å². The zero-order valence-corrected chi connectivity index (χ0v) is 16.4. The first-order chi connectivity index (χ1) is 12.5. The number of hydrogen-bond acceptors (Lipinski definition) is 8. The zero-order chi connectivity index (χ0) is 18.3. The molecule has 0 unspecified atom stereocenters. The minimum Gasteiger partial charge on any atom is -0.383 e. The van der Waals surface area contributed by atoms with Crippen LogP contribution in [0.1, 0.15) is 16.3 Å². The van der Waals surface area contributed by atoms with Crippen LogP contribution in [0.3, 0.4) is 0 Å². The summed E-state index contributed by atoms with van der Waals surface area (Å²) in [6, 6.07) is 7.37. The molecule has 0 saturated heterocycles. The van der Waals surface area contributed by atoms with E-state index in [4.69, 9.17) is 21.9 Å². The van der Waals surface area contributed by atoms with Gasteiger partial charge in [0, 0.05) is 10.4 Å². The van der Waals surface area contributed by atoms with Gasteiger partial charge in [-0.3, -0.25) is 0 Å². The number of anilines is 1. The highest BCUT2D eigenvalue weighted by atomic mass is 35.5. The Bertz CT molecular complexity index is 1110. The van der Waals surface area contributed by atoms with Crippen molar-refractivity contribution in [2.75, 3.05) is 5.73 Å². The summed E-state index contributed by atoms with van der Waals surface area (Å²) < 4.78 is 5.31. The van der Waals surface area contributed by atoms with E-state index in [2.05, 4.69) is 27.0 Å². The largest absolute Gasteiger partial charge is 0.383 e. The molecule has 0 amide bonds. The number of thiophene rings is 1. The molecule has 9 heteroatoms. The lowest BCUT2D eigenvalue weighted by molar-refractivity contribution is 0.391. The first-order valence-corrected chi connectivity index (χ1v) is 9.94. The third-order valence-corrected chi connectivity index (χ3v) is 6.21. The number of aromatic nitrogens is 4. The second kappa shape index (κ2) is 6.86. The Morgan fingerprint density at radius 3 is 2.81 bits per heavy atom. The lowest BCUT2D eigenvalue weighted by atomic mass is 10.2. The average molecular weight is 404 g/mol. The summed E-state index contributed by atoms with van der Waals surface area (Å²) in [5, 5.41) is 6.11. The van der Waals surface area contributed by atoms with Gasteiger partial charge in [-0.15, -0.1) is 11.3 Å². The molecule has 0 saturated carbocycles. The standard InChI is InChI=1S/C17H14ClN5OS2/c1-8-9(2)26-16-13(8)14(19)21-17(22-16)25-7-12-20-15(23-24-12)10-5-3-4-6-11(10)18/h3-6H,7H2,1-2H3,(H2,19,21,22). The zero-order valence-electron chi connectivity index (χ0n) is 14.0. The SMILES string of the molecule is Cc1sc2nc(SCc3nc(-c4ccccc4Cl)no3)nc(N)c2c1C. The van der Waals surface area contributed by atoms with Gasteiger partial charge in [0.1, 0.15) is 10.6 Å². The topological polar surface area (TPSA) is 90.7 Å². The lowest BCUT2D eigenvalue weighted by Gasteiger charge is -2.01. The minimum atomic E-state index is 0.450. The number of halogens is 1. The van der Waals surface area contributed by atoms with E-state index >= 15 is 0 Å². The number of nitrogens with zero attached hydrogens (tertiary/aromatic N) is 4. The van der Waals surface area contributed by atoms with Crippen LogP contribution >= 0.6 is 34.7 Å². The van der Waals surface area contributed by atoms with E-state index in [1.165, 1.54) is 16.6 Å². The highest BCUT2D eigenvalue weighted by Crippen LogP contribution is 2.34. The van der Waals surface area contributed by atoms with Crippen LogP contribution < -0.4 is 5.73 Å². The van der Waals surface area contributed by atoms with Gasteiger partial charge in [-0.05, 0) is 31.5 Å². The fourth-order valence-electron chi connectivity index (χ4n) is 2.52. The molecule has 4 aromatic rings. The second-order valence-electron chi connectivity index (χ2n) is 5.64. The Kier molecular flexibility index (Phi) is 4.56. The fraction of sp³-hybridized carbons (Fsp3) is 0.176. The van der Waals surface area contributed by atoms with Crippen molar-refractivity contribution in [2.45, 2.75) is 24.8 Å². The Morgan fingerprint density at radius 2 is 2.00 bits per heavy atom. The number of nitrogen functional groups attached to an aromatic ring is 1. The van der Waals surface area contributed by atoms with E-state index in [1.807, 2.05) is 25.1 Å². The second-order valence-corrected chi connectivity index (χ2v) is 8.19. The molecule has 6 nitrogen and oxygen atoms in total. The minimum absolute atomic E-state index is 0.450. The molecule has 26 heavy (non-hydrogen) atoms. The molecule has 1 aromatic carbocycles. The monoisotopic (exact) mass is 403 g/mol. The van der Waals surface area contributed by atoms with E-state index < -0.39 is 0 Å². The summed E-state index contributed by atoms with van der Waals surface area (Å²) in [5.41, 5.74) is 7.99. The van der Waals surface area contributed by atoms with E-state index in [0.717, 1.165) is 21.3 Å². The van der Waals surface area contributed by atoms with Crippen LogP contribution in [0.15, 0.2) is 33.9 Å². The van der Waals surface area contributed by atoms with Crippen molar-refractivity contribution in [1.29, 1.82) is 0 Å². The third-order valence-electron chi connectivity index (χ3n) is 3.94. The number of aryl methyl sites for hydroxylation is 2. The molecular weight excluding hydrogens is 390 g/mol. The highest BCUT2D eigenvalue weighted by Gasteiger charge is 2.15. The summed E-state index contributed by atoms with van der Waals surface area (Å²) in [7, 11) is 0. The Hall–Kier alpha value is -2.16. The first kappa shape index (κ1) is 17.3. The number of fused-ring (bicyclic) bond motifs is 1. The Morgan fingerprint density at radius 1 is 1.19 bits per heavy atom. The number of nitrogens with two attached hydrogens (primary N) is 1. The van der Waals surface area contributed by atoms with Gasteiger partial charge in [0.05, 0.1) is 16.2 Å². The maximum Gasteiger partial charge on any atom is 0.237 e. The van der Waals surface area contributed by atoms with Crippen molar-refractivity contribution in [2.24, 2.45) is 0 Å². The molecule has 0 atom stereocenters. The number of thioether (sulfide) groups is 1. The molecule has 0 aliphatic carbocycles. The molecule has 132 valence electrons. The van der Waals surface area contributed by atoms with E-state index in [0.29, 0.717) is 33.5 Å². The van der Waals surface area contributed by atoms with Crippen LogP contribution in [0.4, 0.5) is 5.82 Å². The summed E-state index contributed by atoms with van der Waals surface area (Å²) in [5.74, 6) is 1.89. The molecular formula is C17H14ClN5OS2. The van der Waals surface area contributed by atoms with Gasteiger partial charge in [0.15, 0.2) is 5.16 Å². The van der Waals surface area contributed by atoms with Crippen LogP contribution in [-0.2, 0) is 5.75 Å². The van der Waals surface area contributed by atoms with Gasteiger partial charge in [-0.2, -0.15) is 4.98 Å². The number of benzene rings is 1. The van der Waals surface area contributed by atoms with Gasteiger partial charge in [-0.1, -0.05) is 40.7 Å². The van der Waals surface area contributed by atoms with Crippen LogP contribution in [0, 0.1) is 13.8 Å². The molecule has 0 radical (unpaired) electrons. The summed E-state index contributed by atoms with van der Waals surface area (Å²) in [6.07, 6.45) is 0. The van der Waals surface area contributed by atoms with Crippen molar-refractivity contribution < 1.29 is 4.52 Å². The van der Waals surface area contributed by atoms with Gasteiger partial charge in [0.25, 0.3) is 0 Å². The van der Waals surface area contributed by atoms with Crippen molar-refractivity contribution in [3.63, 3.8) is 0 Å². The maximum absolute atomic E-state index is 6.17. The molecule has 3 aromatic heterocycles. The number of rotatable bonds is 4. The summed E-state index contributed by atoms with van der Waals surface area (Å²) in [6.45, 7) is 4.10. The Balaban J connectivity index is 1.55. The third kappa shape index (κ3) is 3.15. The van der Waals surface area contributed by atoms with Gasteiger partial charge in [0.2, 0.25) is 11.7 Å². The smallest absolute Gasteiger partial charge is 0.237 e. The van der Waals surface area contributed by atoms with Crippen molar-refractivity contribution in [3.8, 4) is 11.4 Å². The maximum atomic E-state index is 6.17.